The number of nitriles is 1. The van der Waals surface area contributed by atoms with Crippen molar-refractivity contribution in [3.8, 4) is 6.07 Å². The van der Waals surface area contributed by atoms with E-state index in [2.05, 4.69) is 15.7 Å². The third-order valence-corrected chi connectivity index (χ3v) is 5.97. The summed E-state index contributed by atoms with van der Waals surface area (Å²) in [4.78, 5) is 29.0. The molecule has 1 aromatic heterocycles. The molecule has 0 spiro atoms. The molecule has 2 aliphatic rings. The van der Waals surface area contributed by atoms with Gasteiger partial charge < -0.3 is 20.4 Å². The fourth-order valence-electron chi connectivity index (χ4n) is 4.34. The van der Waals surface area contributed by atoms with Gasteiger partial charge in [-0.2, -0.15) is 10.4 Å². The number of carbonyl (C=O) groups excluding carboxylic acids is 2. The molecule has 0 radical (unpaired) electrons. The van der Waals surface area contributed by atoms with Crippen molar-refractivity contribution in [2.45, 2.75) is 25.9 Å². The number of nitrogens with zero attached hydrogens (tertiary/aromatic N) is 5. The van der Waals surface area contributed by atoms with E-state index in [1.54, 1.807) is 22.7 Å². The number of aromatic nitrogens is 2. The van der Waals surface area contributed by atoms with E-state index in [0.29, 0.717) is 43.9 Å². The third kappa shape index (κ3) is 4.84. The quantitative estimate of drug-likeness (QED) is 0.689. The molecule has 2 aliphatic heterocycles. The molecule has 0 aliphatic carbocycles. The van der Waals surface area contributed by atoms with Crippen molar-refractivity contribution in [1.29, 1.82) is 5.26 Å². The lowest BCUT2D eigenvalue weighted by molar-refractivity contribution is 0.0776. The number of anilines is 1. The highest BCUT2D eigenvalue weighted by Gasteiger charge is 2.34. The van der Waals surface area contributed by atoms with Crippen LogP contribution in [0.1, 0.15) is 27.3 Å². The van der Waals surface area contributed by atoms with Gasteiger partial charge in [0.25, 0.3) is 12.3 Å². The largest absolute Gasteiger partial charge is 0.340 e. The molecule has 0 saturated heterocycles. The zero-order valence-corrected chi connectivity index (χ0v) is 18.5. The van der Waals surface area contributed by atoms with Crippen LogP contribution < -0.4 is 10.6 Å². The van der Waals surface area contributed by atoms with E-state index in [1.807, 2.05) is 0 Å². The summed E-state index contributed by atoms with van der Waals surface area (Å²) in [5.41, 5.74) is 1.91. The van der Waals surface area contributed by atoms with Crippen LogP contribution in [-0.2, 0) is 19.5 Å². The second-order valence-electron chi connectivity index (χ2n) is 8.47. The van der Waals surface area contributed by atoms with Gasteiger partial charge in [-0.05, 0) is 18.2 Å². The van der Waals surface area contributed by atoms with E-state index in [0.717, 1.165) is 11.8 Å². The Morgan fingerprint density at radius 3 is 2.88 bits per heavy atom. The van der Waals surface area contributed by atoms with Gasteiger partial charge in [0.05, 0.1) is 24.3 Å². The van der Waals surface area contributed by atoms with Gasteiger partial charge in [-0.1, -0.05) is 0 Å². The molecular weight excluding hydrogens is 451 g/mol. The molecule has 2 N–H and O–H groups in total. The maximum Gasteiger partial charge on any atom is 0.322 e. The Morgan fingerprint density at radius 2 is 2.15 bits per heavy atom. The van der Waals surface area contributed by atoms with E-state index in [9.17, 15) is 22.8 Å². The number of amides is 3. The maximum absolute atomic E-state index is 13.6. The fourth-order valence-corrected chi connectivity index (χ4v) is 4.34. The first-order valence-corrected chi connectivity index (χ1v) is 10.8. The molecule has 9 nitrogen and oxygen atoms in total. The lowest BCUT2D eigenvalue weighted by atomic mass is 10.0. The van der Waals surface area contributed by atoms with Gasteiger partial charge in [0, 0.05) is 56.8 Å². The van der Waals surface area contributed by atoms with Crippen LogP contribution in [0.4, 0.5) is 23.7 Å². The lowest BCUT2D eigenvalue weighted by Crippen LogP contribution is -2.40. The molecule has 1 atom stereocenters. The minimum Gasteiger partial charge on any atom is -0.340 e. The highest BCUT2D eigenvalue weighted by molar-refractivity contribution is 5.95. The van der Waals surface area contributed by atoms with Gasteiger partial charge in [-0.3, -0.25) is 9.48 Å². The van der Waals surface area contributed by atoms with Crippen LogP contribution in [0.5, 0.6) is 0 Å². The van der Waals surface area contributed by atoms with E-state index in [-0.39, 0.29) is 29.6 Å². The topological polar surface area (TPSA) is 106 Å². The molecule has 0 bridgehead atoms. The van der Waals surface area contributed by atoms with Gasteiger partial charge >= 0.3 is 6.03 Å². The predicted molar refractivity (Wildman–Crippen MR) is 116 cm³/mol. The summed E-state index contributed by atoms with van der Waals surface area (Å²) < 4.78 is 40.2. The number of fused-ring (bicyclic) bond motifs is 3. The third-order valence-electron chi connectivity index (χ3n) is 5.97. The number of hydrogen-bond acceptors (Lipinski definition) is 5. The molecule has 180 valence electrons. The van der Waals surface area contributed by atoms with Crippen molar-refractivity contribution in [1.82, 2.24) is 24.9 Å². The van der Waals surface area contributed by atoms with Gasteiger partial charge in [0.2, 0.25) is 0 Å². The van der Waals surface area contributed by atoms with E-state index < -0.39 is 24.8 Å². The summed E-state index contributed by atoms with van der Waals surface area (Å²) in [6, 6.07) is 5.04. The highest BCUT2D eigenvalue weighted by atomic mass is 19.3. The lowest BCUT2D eigenvalue weighted by Gasteiger charge is -2.27. The molecule has 0 unspecified atom stereocenters. The smallest absolute Gasteiger partial charge is 0.322 e. The van der Waals surface area contributed by atoms with Crippen LogP contribution in [0.15, 0.2) is 18.2 Å². The summed E-state index contributed by atoms with van der Waals surface area (Å²) in [5, 5.41) is 19.0. The standard InChI is InChI=1S/C22H24F3N7O2/c1-30-10-13(8-27-9-19(24)25)11-32-20(21(30)33)16-12-31(5-4-18(16)29-32)22(34)28-15-2-3-17(23)14(6-15)7-26/h2-3,6,13,19,27H,4-5,8-12H2,1H3,(H,28,34)/t13-/m1/s1. The first kappa shape index (κ1) is 23.6. The minimum atomic E-state index is -2.45. The van der Waals surface area contributed by atoms with Crippen LogP contribution in [0.3, 0.4) is 0 Å². The molecule has 3 heterocycles. The number of alkyl halides is 2. The number of halogens is 3. The van der Waals surface area contributed by atoms with E-state index in [4.69, 9.17) is 5.26 Å². The van der Waals surface area contributed by atoms with Crippen molar-refractivity contribution in [2.75, 3.05) is 38.5 Å². The van der Waals surface area contributed by atoms with Crippen LogP contribution in [0.25, 0.3) is 0 Å². The Morgan fingerprint density at radius 1 is 1.35 bits per heavy atom. The van der Waals surface area contributed by atoms with Crippen molar-refractivity contribution < 1.29 is 22.8 Å². The van der Waals surface area contributed by atoms with Gasteiger partial charge in [-0.15, -0.1) is 0 Å². The summed E-state index contributed by atoms with van der Waals surface area (Å²) >= 11 is 0. The number of carbonyl (C=O) groups is 2. The molecule has 1 aromatic carbocycles. The average molecular weight is 475 g/mol. The van der Waals surface area contributed by atoms with Crippen molar-refractivity contribution >= 4 is 17.6 Å². The van der Waals surface area contributed by atoms with Crippen LogP contribution in [0.2, 0.25) is 0 Å². The summed E-state index contributed by atoms with van der Waals surface area (Å²) in [6.07, 6.45) is -2.00. The van der Waals surface area contributed by atoms with Crippen LogP contribution in [-0.4, -0.2) is 71.2 Å². The zero-order valence-electron chi connectivity index (χ0n) is 18.5. The van der Waals surface area contributed by atoms with Gasteiger partial charge in [0.15, 0.2) is 0 Å². The number of urea groups is 1. The Labute approximate surface area is 194 Å². The summed E-state index contributed by atoms with van der Waals surface area (Å²) in [6.45, 7) is 1.23. The van der Waals surface area contributed by atoms with E-state index in [1.165, 1.54) is 17.0 Å². The highest BCUT2D eigenvalue weighted by Crippen LogP contribution is 2.27. The normalized spacial score (nSPS) is 17.8. The molecular formula is C22H24F3N7O2. The van der Waals surface area contributed by atoms with Crippen molar-refractivity contribution in [3.63, 3.8) is 0 Å². The Balaban J connectivity index is 1.50. The molecule has 2 aromatic rings. The molecule has 0 saturated carbocycles. The Hall–Kier alpha value is -3.59. The Kier molecular flexibility index (Phi) is 6.74. The molecule has 0 fully saturated rings. The SMILES string of the molecule is CN1C[C@@H](CNCC(F)F)Cn2nc3c(c2C1=O)CN(C(=O)Nc1ccc(F)c(C#N)c1)CC3. The summed E-state index contributed by atoms with van der Waals surface area (Å²) in [7, 11) is 1.66. The first-order chi connectivity index (χ1) is 16.3. The molecule has 12 heteroatoms. The average Bonchev–Trinajstić information content (AvgIpc) is 3.10. The first-order valence-electron chi connectivity index (χ1n) is 10.8. The fraction of sp³-hybridized carbons (Fsp3) is 0.455. The van der Waals surface area contributed by atoms with Crippen molar-refractivity contribution in [3.05, 3.63) is 46.5 Å². The number of rotatable bonds is 5. The predicted octanol–water partition coefficient (Wildman–Crippen LogP) is 2.04. The number of hydrogen-bond donors (Lipinski definition) is 2. The van der Waals surface area contributed by atoms with Gasteiger partial charge in [-0.25, -0.2) is 18.0 Å². The van der Waals surface area contributed by atoms with Gasteiger partial charge in [0.1, 0.15) is 17.6 Å². The second-order valence-corrected chi connectivity index (χ2v) is 8.47. The number of nitrogens with one attached hydrogen (secondary N) is 2. The minimum absolute atomic E-state index is 0.0949. The molecule has 3 amide bonds. The van der Waals surface area contributed by atoms with Crippen LogP contribution in [0, 0.1) is 23.1 Å². The zero-order chi connectivity index (χ0) is 24.4. The van der Waals surface area contributed by atoms with E-state index >= 15 is 0 Å². The maximum atomic E-state index is 13.6. The molecule has 34 heavy (non-hydrogen) atoms. The molecule has 4 rings (SSSR count). The van der Waals surface area contributed by atoms with Crippen molar-refractivity contribution in [2.24, 2.45) is 5.92 Å². The number of benzene rings is 1. The van der Waals surface area contributed by atoms with Crippen LogP contribution >= 0.6 is 0 Å². The summed E-state index contributed by atoms with van der Waals surface area (Å²) in [5.74, 6) is -0.997. The second kappa shape index (κ2) is 9.72. The Bertz CT molecular complexity index is 1140. The monoisotopic (exact) mass is 475 g/mol.